The van der Waals surface area contributed by atoms with Gasteiger partial charge >= 0.3 is 5.97 Å². The summed E-state index contributed by atoms with van der Waals surface area (Å²) in [7, 11) is 1.91. The van der Waals surface area contributed by atoms with Gasteiger partial charge in [-0.3, -0.25) is 4.79 Å². The number of aromatic nitrogens is 1. The molecule has 0 radical (unpaired) electrons. The molecule has 2 aromatic rings. The quantitative estimate of drug-likeness (QED) is 0.795. The molecular weight excluding hydrogens is 385 g/mol. The van der Waals surface area contributed by atoms with Gasteiger partial charge in [0.05, 0.1) is 21.6 Å². The summed E-state index contributed by atoms with van der Waals surface area (Å²) in [6, 6.07) is 1.54. The van der Waals surface area contributed by atoms with Crippen LogP contribution in [0.3, 0.4) is 0 Å². The summed E-state index contributed by atoms with van der Waals surface area (Å²) in [6.45, 7) is 3.45. The van der Waals surface area contributed by atoms with Crippen molar-refractivity contribution in [3.63, 3.8) is 0 Å². The molecule has 1 saturated heterocycles. The van der Waals surface area contributed by atoms with E-state index < -0.39 is 17.2 Å². The van der Waals surface area contributed by atoms with Crippen molar-refractivity contribution >= 4 is 34.2 Å². The van der Waals surface area contributed by atoms with Gasteiger partial charge in [-0.1, -0.05) is 11.6 Å². The Bertz CT molecular complexity index is 1020. The Balaban J connectivity index is 1.89. The third-order valence-corrected chi connectivity index (χ3v) is 6.42. The van der Waals surface area contributed by atoms with E-state index in [0.29, 0.717) is 36.3 Å². The number of carboxylic acid groups (broad SMARTS) is 1. The number of benzene rings is 1. The maximum absolute atomic E-state index is 15.1. The Kier molecular flexibility index (Phi) is 4.83. The average molecular weight is 408 g/mol. The Hall–Kier alpha value is -2.12. The van der Waals surface area contributed by atoms with Crippen LogP contribution < -0.4 is 15.6 Å². The van der Waals surface area contributed by atoms with Crippen molar-refractivity contribution in [1.82, 2.24) is 9.88 Å². The smallest absolute Gasteiger partial charge is 0.341 e. The van der Waals surface area contributed by atoms with E-state index in [1.807, 2.05) is 11.9 Å². The van der Waals surface area contributed by atoms with Crippen LogP contribution in [-0.2, 0) is 0 Å². The molecule has 28 heavy (non-hydrogen) atoms. The molecule has 2 N–H and O–H groups in total. The van der Waals surface area contributed by atoms with E-state index in [2.05, 4.69) is 12.2 Å². The second-order valence-corrected chi connectivity index (χ2v) is 8.18. The van der Waals surface area contributed by atoms with Gasteiger partial charge in [0.2, 0.25) is 5.43 Å². The van der Waals surface area contributed by atoms with E-state index in [4.69, 9.17) is 11.6 Å². The van der Waals surface area contributed by atoms with Crippen LogP contribution in [0, 0.1) is 11.7 Å². The molecule has 2 aliphatic rings. The number of hydrogen-bond donors (Lipinski definition) is 2. The molecule has 0 amide bonds. The Labute approximate surface area is 166 Å². The standard InChI is InChI=1S/C20H23ClFN3O3/c1-10(23-2)11-5-6-24(8-11)18-15(22)7-13-17(16(18)21)25(12-3-4-12)9-14(19(13)26)20(27)28/h7,9-12,23H,3-6,8H2,1-2H3,(H,27,28). The van der Waals surface area contributed by atoms with E-state index in [9.17, 15) is 14.7 Å². The number of carbonyl (C=O) groups is 1. The summed E-state index contributed by atoms with van der Waals surface area (Å²) < 4.78 is 16.8. The van der Waals surface area contributed by atoms with Crippen molar-refractivity contribution in [3.8, 4) is 0 Å². The number of aromatic carboxylic acids is 1. The monoisotopic (exact) mass is 407 g/mol. The molecule has 150 valence electrons. The van der Waals surface area contributed by atoms with Gasteiger partial charge < -0.3 is 19.9 Å². The van der Waals surface area contributed by atoms with Crippen molar-refractivity contribution in [2.75, 3.05) is 25.0 Å². The molecule has 4 rings (SSSR count). The normalized spacial score (nSPS) is 20.7. The molecule has 6 nitrogen and oxygen atoms in total. The van der Waals surface area contributed by atoms with Crippen molar-refractivity contribution in [2.24, 2.45) is 5.92 Å². The van der Waals surface area contributed by atoms with Crippen LogP contribution in [0.25, 0.3) is 10.9 Å². The van der Waals surface area contributed by atoms with E-state index >= 15 is 4.39 Å². The predicted molar refractivity (Wildman–Crippen MR) is 107 cm³/mol. The number of rotatable bonds is 5. The largest absolute Gasteiger partial charge is 0.477 e. The minimum atomic E-state index is -1.31. The lowest BCUT2D eigenvalue weighted by Gasteiger charge is -2.24. The second-order valence-electron chi connectivity index (χ2n) is 7.80. The van der Waals surface area contributed by atoms with E-state index in [1.165, 1.54) is 6.20 Å². The minimum absolute atomic E-state index is 0.0254. The highest BCUT2D eigenvalue weighted by Crippen LogP contribution is 2.43. The topological polar surface area (TPSA) is 74.6 Å². The first kappa shape index (κ1) is 19.2. The van der Waals surface area contributed by atoms with Crippen LogP contribution >= 0.6 is 11.6 Å². The van der Waals surface area contributed by atoms with E-state index in [1.54, 1.807) is 4.57 Å². The number of carboxylic acids is 1. The zero-order chi connectivity index (χ0) is 20.2. The van der Waals surface area contributed by atoms with Gasteiger partial charge in [0, 0.05) is 31.4 Å². The minimum Gasteiger partial charge on any atom is -0.477 e. The molecule has 1 aromatic carbocycles. The van der Waals surface area contributed by atoms with Crippen molar-refractivity contribution in [2.45, 2.75) is 38.3 Å². The highest BCUT2D eigenvalue weighted by Gasteiger charge is 2.33. The van der Waals surface area contributed by atoms with Crippen molar-refractivity contribution in [3.05, 3.63) is 38.9 Å². The van der Waals surface area contributed by atoms with Gasteiger partial charge in [-0.25, -0.2) is 9.18 Å². The first-order valence-corrected chi connectivity index (χ1v) is 9.93. The average Bonchev–Trinajstić information content (AvgIpc) is 3.39. The molecular formula is C20H23ClFN3O3. The zero-order valence-corrected chi connectivity index (χ0v) is 16.6. The molecule has 2 heterocycles. The van der Waals surface area contributed by atoms with Gasteiger partial charge in [0.1, 0.15) is 11.4 Å². The van der Waals surface area contributed by atoms with Gasteiger partial charge in [-0.2, -0.15) is 0 Å². The number of nitrogens with zero attached hydrogens (tertiary/aromatic N) is 2. The van der Waals surface area contributed by atoms with Crippen LogP contribution in [0.5, 0.6) is 0 Å². The fraction of sp³-hybridized carbons (Fsp3) is 0.500. The third-order valence-electron chi connectivity index (χ3n) is 6.06. The van der Waals surface area contributed by atoms with Crippen LogP contribution in [0.15, 0.2) is 17.1 Å². The van der Waals surface area contributed by atoms with Crippen molar-refractivity contribution in [1.29, 1.82) is 0 Å². The Morgan fingerprint density at radius 2 is 2.11 bits per heavy atom. The van der Waals surface area contributed by atoms with Crippen LogP contribution in [0.2, 0.25) is 5.02 Å². The molecule has 0 spiro atoms. The summed E-state index contributed by atoms with van der Waals surface area (Å²) in [5.74, 6) is -1.53. The molecule has 2 unspecified atom stereocenters. The molecule has 8 heteroatoms. The molecule has 1 aliphatic heterocycles. The zero-order valence-electron chi connectivity index (χ0n) is 15.8. The summed E-state index contributed by atoms with van der Waals surface area (Å²) in [5, 5.41) is 12.8. The van der Waals surface area contributed by atoms with Gasteiger partial charge in [0.25, 0.3) is 0 Å². The Morgan fingerprint density at radius 1 is 1.39 bits per heavy atom. The first-order chi connectivity index (χ1) is 13.3. The number of halogens is 2. The van der Waals surface area contributed by atoms with Crippen LogP contribution in [0.1, 0.15) is 42.6 Å². The maximum atomic E-state index is 15.1. The number of nitrogens with one attached hydrogen (secondary N) is 1. The van der Waals surface area contributed by atoms with E-state index in [0.717, 1.165) is 25.3 Å². The fourth-order valence-electron chi connectivity index (χ4n) is 4.15. The van der Waals surface area contributed by atoms with E-state index in [-0.39, 0.29) is 22.0 Å². The maximum Gasteiger partial charge on any atom is 0.341 e. The van der Waals surface area contributed by atoms with Crippen molar-refractivity contribution < 1.29 is 14.3 Å². The molecule has 2 atom stereocenters. The lowest BCUT2D eigenvalue weighted by atomic mass is 10.0. The first-order valence-electron chi connectivity index (χ1n) is 9.55. The summed E-state index contributed by atoms with van der Waals surface area (Å²) in [6.07, 6.45) is 4.04. The fourth-order valence-corrected chi connectivity index (χ4v) is 4.56. The van der Waals surface area contributed by atoms with Crippen LogP contribution in [0.4, 0.5) is 10.1 Å². The highest BCUT2D eigenvalue weighted by molar-refractivity contribution is 6.38. The van der Waals surface area contributed by atoms with Crippen LogP contribution in [-0.4, -0.2) is 41.8 Å². The summed E-state index contributed by atoms with van der Waals surface area (Å²) in [4.78, 5) is 26.1. The van der Waals surface area contributed by atoms with Gasteiger partial charge in [0.15, 0.2) is 0 Å². The lowest BCUT2D eigenvalue weighted by molar-refractivity contribution is 0.0695. The molecule has 1 aliphatic carbocycles. The number of hydrogen-bond acceptors (Lipinski definition) is 4. The summed E-state index contributed by atoms with van der Waals surface area (Å²) in [5.41, 5.74) is -0.320. The molecule has 1 aromatic heterocycles. The summed E-state index contributed by atoms with van der Waals surface area (Å²) >= 11 is 6.66. The predicted octanol–water partition coefficient (Wildman–Crippen LogP) is 3.26. The third kappa shape index (κ3) is 3.06. The lowest BCUT2D eigenvalue weighted by Crippen LogP contribution is -2.33. The molecule has 2 fully saturated rings. The number of fused-ring (bicyclic) bond motifs is 1. The Morgan fingerprint density at radius 3 is 2.71 bits per heavy atom. The highest BCUT2D eigenvalue weighted by atomic mass is 35.5. The molecule has 1 saturated carbocycles. The molecule has 0 bridgehead atoms. The SMILES string of the molecule is CNC(C)C1CCN(c2c(F)cc3c(=O)c(C(=O)O)cn(C4CC4)c3c2Cl)C1. The number of pyridine rings is 1. The second kappa shape index (κ2) is 7.04. The number of anilines is 1. The van der Waals surface area contributed by atoms with Gasteiger partial charge in [-0.15, -0.1) is 0 Å². The van der Waals surface area contributed by atoms with Gasteiger partial charge in [-0.05, 0) is 45.2 Å².